The second-order valence-electron chi connectivity index (χ2n) is 4.39. The summed E-state index contributed by atoms with van der Waals surface area (Å²) in [5.74, 6) is -0.841. The van der Waals surface area contributed by atoms with Crippen molar-refractivity contribution in [1.82, 2.24) is 20.6 Å². The third-order valence-electron chi connectivity index (χ3n) is 2.90. The van der Waals surface area contributed by atoms with Crippen LogP contribution >= 0.6 is 11.6 Å². The second-order valence-corrected chi connectivity index (χ2v) is 4.83. The van der Waals surface area contributed by atoms with E-state index in [1.807, 2.05) is 0 Å². The number of benzene rings is 2. The maximum absolute atomic E-state index is 13.7. The lowest BCUT2D eigenvalue weighted by molar-refractivity contribution is 0.102. The zero-order chi connectivity index (χ0) is 15.5. The van der Waals surface area contributed by atoms with E-state index in [9.17, 15) is 9.18 Å². The van der Waals surface area contributed by atoms with Crippen molar-refractivity contribution >= 4 is 23.2 Å². The molecule has 8 heteroatoms. The highest BCUT2D eigenvalue weighted by molar-refractivity contribution is 6.31. The Morgan fingerprint density at radius 2 is 2.09 bits per heavy atom. The van der Waals surface area contributed by atoms with E-state index in [0.717, 1.165) is 6.07 Å². The maximum atomic E-state index is 13.7. The van der Waals surface area contributed by atoms with Crippen LogP contribution in [0.2, 0.25) is 5.02 Å². The van der Waals surface area contributed by atoms with E-state index in [0.29, 0.717) is 17.1 Å². The van der Waals surface area contributed by atoms with Crippen LogP contribution in [-0.4, -0.2) is 26.5 Å². The van der Waals surface area contributed by atoms with Crippen LogP contribution in [0.4, 0.5) is 10.1 Å². The zero-order valence-corrected chi connectivity index (χ0v) is 11.8. The summed E-state index contributed by atoms with van der Waals surface area (Å²) in [4.78, 5) is 12.1. The van der Waals surface area contributed by atoms with Crippen molar-refractivity contribution in [3.63, 3.8) is 0 Å². The number of rotatable bonds is 3. The van der Waals surface area contributed by atoms with E-state index in [1.165, 1.54) is 12.1 Å². The molecule has 0 saturated heterocycles. The smallest absolute Gasteiger partial charge is 0.258 e. The predicted octanol–water partition coefficient (Wildman–Crippen LogP) is 2.91. The third kappa shape index (κ3) is 2.94. The Balaban J connectivity index is 1.85. The standard InChI is InChI=1S/C14H9ClFN5O/c15-9-4-5-12(16)11(7-9)14(22)17-10-3-1-2-8(6-10)13-18-20-21-19-13/h1-7H,(H,17,22)(H,18,19,20,21). The second kappa shape index (κ2) is 5.90. The van der Waals surface area contributed by atoms with Crippen molar-refractivity contribution in [2.75, 3.05) is 5.32 Å². The molecule has 0 aliphatic rings. The normalized spacial score (nSPS) is 10.5. The molecule has 3 aromatic rings. The Kier molecular flexibility index (Phi) is 3.80. The molecule has 1 aromatic heterocycles. The van der Waals surface area contributed by atoms with Gasteiger partial charge in [0.2, 0.25) is 5.82 Å². The van der Waals surface area contributed by atoms with Gasteiger partial charge in [0.05, 0.1) is 5.56 Å². The highest BCUT2D eigenvalue weighted by Gasteiger charge is 2.13. The first-order valence-electron chi connectivity index (χ1n) is 6.24. The molecule has 22 heavy (non-hydrogen) atoms. The van der Waals surface area contributed by atoms with Crippen LogP contribution in [0.1, 0.15) is 10.4 Å². The van der Waals surface area contributed by atoms with Gasteiger partial charge in [-0.3, -0.25) is 4.79 Å². The quantitative estimate of drug-likeness (QED) is 0.778. The van der Waals surface area contributed by atoms with Crippen LogP contribution in [0.25, 0.3) is 11.4 Å². The first kappa shape index (κ1) is 14.2. The fraction of sp³-hybridized carbons (Fsp3) is 0. The summed E-state index contributed by atoms with van der Waals surface area (Å²) < 4.78 is 13.7. The summed E-state index contributed by atoms with van der Waals surface area (Å²) in [5.41, 5.74) is 1.02. The highest BCUT2D eigenvalue weighted by atomic mass is 35.5. The minimum Gasteiger partial charge on any atom is -0.322 e. The van der Waals surface area contributed by atoms with Gasteiger partial charge in [-0.2, -0.15) is 5.21 Å². The lowest BCUT2D eigenvalue weighted by Crippen LogP contribution is -2.13. The minimum atomic E-state index is -0.642. The van der Waals surface area contributed by atoms with Gasteiger partial charge in [0.25, 0.3) is 5.91 Å². The SMILES string of the molecule is O=C(Nc1cccc(-c2nn[nH]n2)c1)c1cc(Cl)ccc1F. The van der Waals surface area contributed by atoms with E-state index in [1.54, 1.807) is 24.3 Å². The van der Waals surface area contributed by atoms with Gasteiger partial charge in [-0.25, -0.2) is 4.39 Å². The van der Waals surface area contributed by atoms with Crippen molar-refractivity contribution in [2.45, 2.75) is 0 Å². The summed E-state index contributed by atoms with van der Waals surface area (Å²) in [5, 5.41) is 16.4. The van der Waals surface area contributed by atoms with Gasteiger partial charge < -0.3 is 5.32 Å². The maximum Gasteiger partial charge on any atom is 0.258 e. The fourth-order valence-electron chi connectivity index (χ4n) is 1.89. The third-order valence-corrected chi connectivity index (χ3v) is 3.13. The molecule has 0 aliphatic carbocycles. The number of amides is 1. The van der Waals surface area contributed by atoms with Crippen LogP contribution in [0, 0.1) is 5.82 Å². The molecule has 0 saturated carbocycles. The van der Waals surface area contributed by atoms with E-state index in [-0.39, 0.29) is 10.6 Å². The van der Waals surface area contributed by atoms with Gasteiger partial charge in [0.1, 0.15) is 5.82 Å². The number of aromatic nitrogens is 4. The molecular formula is C14H9ClFN5O. The average molecular weight is 318 g/mol. The number of carbonyl (C=O) groups excluding carboxylic acids is 1. The predicted molar refractivity (Wildman–Crippen MR) is 79.0 cm³/mol. The first-order valence-corrected chi connectivity index (χ1v) is 6.61. The molecule has 0 unspecified atom stereocenters. The van der Waals surface area contributed by atoms with Gasteiger partial charge in [0, 0.05) is 16.3 Å². The molecule has 0 radical (unpaired) electrons. The summed E-state index contributed by atoms with van der Waals surface area (Å²) in [6.45, 7) is 0. The number of nitrogens with zero attached hydrogens (tertiary/aromatic N) is 3. The minimum absolute atomic E-state index is 0.127. The number of aromatic amines is 1. The molecule has 110 valence electrons. The molecule has 0 spiro atoms. The molecule has 2 N–H and O–H groups in total. The zero-order valence-electron chi connectivity index (χ0n) is 11.0. The molecule has 0 fully saturated rings. The van der Waals surface area contributed by atoms with Crippen molar-refractivity contribution < 1.29 is 9.18 Å². The number of anilines is 1. The van der Waals surface area contributed by atoms with Crippen molar-refractivity contribution in [1.29, 1.82) is 0 Å². The van der Waals surface area contributed by atoms with Crippen molar-refractivity contribution in [2.24, 2.45) is 0 Å². The highest BCUT2D eigenvalue weighted by Crippen LogP contribution is 2.20. The monoisotopic (exact) mass is 317 g/mol. The number of carbonyl (C=O) groups is 1. The lowest BCUT2D eigenvalue weighted by atomic mass is 10.1. The van der Waals surface area contributed by atoms with Gasteiger partial charge in [-0.15, -0.1) is 10.2 Å². The fourth-order valence-corrected chi connectivity index (χ4v) is 2.06. The van der Waals surface area contributed by atoms with E-state index < -0.39 is 11.7 Å². The van der Waals surface area contributed by atoms with E-state index >= 15 is 0 Å². The van der Waals surface area contributed by atoms with Crippen LogP contribution < -0.4 is 5.32 Å². The molecule has 2 aromatic carbocycles. The molecular weight excluding hydrogens is 309 g/mol. The number of hydrogen-bond donors (Lipinski definition) is 2. The molecule has 0 atom stereocenters. The summed E-state index contributed by atoms with van der Waals surface area (Å²) in [6, 6.07) is 10.6. The number of halogens is 2. The van der Waals surface area contributed by atoms with Gasteiger partial charge in [-0.05, 0) is 35.5 Å². The summed E-state index contributed by atoms with van der Waals surface area (Å²) in [7, 11) is 0. The van der Waals surface area contributed by atoms with E-state index in [4.69, 9.17) is 11.6 Å². The number of hydrogen-bond acceptors (Lipinski definition) is 4. The van der Waals surface area contributed by atoms with Crippen LogP contribution in [-0.2, 0) is 0 Å². The number of nitrogens with one attached hydrogen (secondary N) is 2. The van der Waals surface area contributed by atoms with E-state index in [2.05, 4.69) is 25.9 Å². The summed E-state index contributed by atoms with van der Waals surface area (Å²) in [6.07, 6.45) is 0. The molecule has 0 aliphatic heterocycles. The topological polar surface area (TPSA) is 83.6 Å². The average Bonchev–Trinajstić information content (AvgIpc) is 3.04. The number of H-pyrrole nitrogens is 1. The molecule has 3 rings (SSSR count). The molecule has 1 heterocycles. The van der Waals surface area contributed by atoms with Gasteiger partial charge >= 0.3 is 0 Å². The molecule has 1 amide bonds. The first-order chi connectivity index (χ1) is 10.6. The van der Waals surface area contributed by atoms with Gasteiger partial charge in [0.15, 0.2) is 0 Å². The van der Waals surface area contributed by atoms with Crippen LogP contribution in [0.5, 0.6) is 0 Å². The summed E-state index contributed by atoms with van der Waals surface area (Å²) >= 11 is 5.78. The lowest BCUT2D eigenvalue weighted by Gasteiger charge is -2.07. The van der Waals surface area contributed by atoms with Crippen LogP contribution in [0.15, 0.2) is 42.5 Å². The van der Waals surface area contributed by atoms with Crippen LogP contribution in [0.3, 0.4) is 0 Å². The Morgan fingerprint density at radius 1 is 1.23 bits per heavy atom. The van der Waals surface area contributed by atoms with Gasteiger partial charge in [-0.1, -0.05) is 23.7 Å². The van der Waals surface area contributed by atoms with Crippen molar-refractivity contribution in [3.8, 4) is 11.4 Å². The Hall–Kier alpha value is -2.80. The largest absolute Gasteiger partial charge is 0.322 e. The molecule has 6 nitrogen and oxygen atoms in total. The number of tetrazole rings is 1. The Labute approximate surface area is 129 Å². The molecule has 0 bridgehead atoms. The Bertz CT molecular complexity index is 822. The van der Waals surface area contributed by atoms with Crippen molar-refractivity contribution in [3.05, 3.63) is 58.9 Å². The Morgan fingerprint density at radius 3 is 2.86 bits per heavy atom.